The molecule has 1 aliphatic rings. The summed E-state index contributed by atoms with van der Waals surface area (Å²) in [6.07, 6.45) is -0.872. The molecule has 1 aromatic rings. The summed E-state index contributed by atoms with van der Waals surface area (Å²) in [5, 5.41) is 32.8. The van der Waals surface area contributed by atoms with Crippen molar-refractivity contribution in [2.45, 2.75) is 38.1 Å². The van der Waals surface area contributed by atoms with E-state index in [9.17, 15) is 24.9 Å². The SMILES string of the molecule is CNc1cc(O)c2c(c1)C#CC[C@H](O)[C@H](O)C(=O)/C=C\C[C@H](C)OC2=O. The van der Waals surface area contributed by atoms with Crippen molar-refractivity contribution in [3.05, 3.63) is 35.4 Å². The number of fused-ring (bicyclic) bond motifs is 1. The van der Waals surface area contributed by atoms with Crippen molar-refractivity contribution < 1.29 is 29.6 Å². The van der Waals surface area contributed by atoms with Crippen molar-refractivity contribution in [3.63, 3.8) is 0 Å². The molecule has 0 amide bonds. The maximum Gasteiger partial charge on any atom is 0.343 e. The van der Waals surface area contributed by atoms with E-state index in [0.29, 0.717) is 5.69 Å². The average Bonchev–Trinajstić information content (AvgIpc) is 2.59. The van der Waals surface area contributed by atoms with Crippen LogP contribution in [-0.4, -0.2) is 52.4 Å². The first kappa shape index (κ1) is 19.5. The van der Waals surface area contributed by atoms with E-state index in [2.05, 4.69) is 17.2 Å². The van der Waals surface area contributed by atoms with Crippen LogP contribution in [-0.2, 0) is 9.53 Å². The summed E-state index contributed by atoms with van der Waals surface area (Å²) in [6, 6.07) is 2.94. The number of cyclic esters (lactones) is 1. The third kappa shape index (κ3) is 4.63. The van der Waals surface area contributed by atoms with Gasteiger partial charge in [-0.25, -0.2) is 4.79 Å². The number of benzene rings is 1. The fraction of sp³-hybridized carbons (Fsp3) is 0.368. The first-order valence-electron chi connectivity index (χ1n) is 8.14. The topological polar surface area (TPSA) is 116 Å². The molecular formula is C19H21NO6. The lowest BCUT2D eigenvalue weighted by Gasteiger charge is -2.15. The Bertz CT molecular complexity index is 789. The van der Waals surface area contributed by atoms with E-state index < -0.39 is 30.1 Å². The fourth-order valence-corrected chi connectivity index (χ4v) is 2.40. The normalized spacial score (nSPS) is 25.2. The molecule has 2 rings (SSSR count). The van der Waals surface area contributed by atoms with E-state index in [1.807, 2.05) is 0 Å². The molecule has 0 fully saturated rings. The van der Waals surface area contributed by atoms with E-state index in [0.717, 1.165) is 6.08 Å². The van der Waals surface area contributed by atoms with Gasteiger partial charge in [-0.2, -0.15) is 0 Å². The Balaban J connectivity index is 2.49. The number of phenols is 1. The van der Waals surface area contributed by atoms with Crippen LogP contribution >= 0.6 is 0 Å². The fourth-order valence-electron chi connectivity index (χ4n) is 2.40. The Morgan fingerprint density at radius 3 is 2.69 bits per heavy atom. The van der Waals surface area contributed by atoms with Crippen LogP contribution in [0.5, 0.6) is 5.75 Å². The third-order valence-electron chi connectivity index (χ3n) is 3.86. The summed E-state index contributed by atoms with van der Waals surface area (Å²) in [7, 11) is 1.65. The van der Waals surface area contributed by atoms with Crippen LogP contribution in [0.1, 0.15) is 35.7 Å². The van der Waals surface area contributed by atoms with E-state index in [1.165, 1.54) is 12.1 Å². The summed E-state index contributed by atoms with van der Waals surface area (Å²) >= 11 is 0. The average molecular weight is 359 g/mol. The molecule has 138 valence electrons. The predicted molar refractivity (Wildman–Crippen MR) is 94.8 cm³/mol. The highest BCUT2D eigenvalue weighted by Crippen LogP contribution is 2.27. The molecule has 4 N–H and O–H groups in total. The monoisotopic (exact) mass is 359 g/mol. The summed E-state index contributed by atoms with van der Waals surface area (Å²) in [5.41, 5.74) is 0.680. The molecule has 0 bridgehead atoms. The maximum atomic E-state index is 12.4. The highest BCUT2D eigenvalue weighted by molar-refractivity contribution is 5.96. The van der Waals surface area contributed by atoms with Crippen molar-refractivity contribution in [1.82, 2.24) is 0 Å². The molecule has 0 spiro atoms. The highest BCUT2D eigenvalue weighted by atomic mass is 16.5. The number of carbonyl (C=O) groups is 2. The van der Waals surface area contributed by atoms with Crippen molar-refractivity contribution in [1.29, 1.82) is 0 Å². The molecule has 3 atom stereocenters. The van der Waals surface area contributed by atoms with Gasteiger partial charge in [-0.05, 0) is 19.1 Å². The van der Waals surface area contributed by atoms with E-state index in [4.69, 9.17) is 4.74 Å². The number of esters is 1. The quantitative estimate of drug-likeness (QED) is 0.436. The van der Waals surface area contributed by atoms with Crippen molar-refractivity contribution in [3.8, 4) is 17.6 Å². The molecule has 7 heteroatoms. The Hall–Kier alpha value is -2.82. The number of hydrogen-bond acceptors (Lipinski definition) is 7. The number of nitrogens with one attached hydrogen (secondary N) is 1. The van der Waals surface area contributed by atoms with E-state index in [1.54, 1.807) is 20.0 Å². The highest BCUT2D eigenvalue weighted by Gasteiger charge is 2.23. The number of aromatic hydroxyl groups is 1. The number of rotatable bonds is 1. The molecule has 0 radical (unpaired) electrons. The number of phenolic OH excluding ortho intramolecular Hbond substituents is 1. The second kappa shape index (κ2) is 8.52. The second-order valence-electron chi connectivity index (χ2n) is 5.94. The summed E-state index contributed by atoms with van der Waals surface area (Å²) in [6.45, 7) is 1.63. The van der Waals surface area contributed by atoms with Crippen LogP contribution in [0, 0.1) is 11.8 Å². The van der Waals surface area contributed by atoms with E-state index in [-0.39, 0.29) is 29.7 Å². The third-order valence-corrected chi connectivity index (χ3v) is 3.86. The minimum atomic E-state index is -1.59. The number of aliphatic hydroxyl groups is 2. The number of ketones is 1. The summed E-state index contributed by atoms with van der Waals surface area (Å²) in [5.74, 6) is 3.65. The van der Waals surface area contributed by atoms with Crippen molar-refractivity contribution >= 4 is 17.4 Å². The van der Waals surface area contributed by atoms with Gasteiger partial charge in [0.25, 0.3) is 0 Å². The van der Waals surface area contributed by atoms with Crippen LogP contribution in [0.4, 0.5) is 5.69 Å². The molecule has 1 heterocycles. The van der Waals surface area contributed by atoms with Gasteiger partial charge in [0.2, 0.25) is 0 Å². The molecule has 7 nitrogen and oxygen atoms in total. The summed E-state index contributed by atoms with van der Waals surface area (Å²) in [4.78, 5) is 24.2. The summed E-state index contributed by atoms with van der Waals surface area (Å²) < 4.78 is 5.30. The Kier molecular flexibility index (Phi) is 6.39. The molecule has 0 aliphatic carbocycles. The lowest BCUT2D eigenvalue weighted by molar-refractivity contribution is -0.127. The second-order valence-corrected chi connectivity index (χ2v) is 5.94. The van der Waals surface area contributed by atoms with Gasteiger partial charge in [-0.3, -0.25) is 4.79 Å². The van der Waals surface area contributed by atoms with E-state index >= 15 is 0 Å². The van der Waals surface area contributed by atoms with Gasteiger partial charge in [-0.1, -0.05) is 17.9 Å². The first-order valence-corrected chi connectivity index (χ1v) is 8.14. The van der Waals surface area contributed by atoms with Gasteiger partial charge in [-0.15, -0.1) is 0 Å². The van der Waals surface area contributed by atoms with Gasteiger partial charge in [0.1, 0.15) is 23.5 Å². The minimum absolute atomic E-state index is 0.0736. The zero-order chi connectivity index (χ0) is 19.3. The maximum absolute atomic E-state index is 12.4. The van der Waals surface area contributed by atoms with Crippen molar-refractivity contribution in [2.75, 3.05) is 12.4 Å². The molecule has 0 saturated heterocycles. The molecule has 1 aromatic carbocycles. The first-order chi connectivity index (χ1) is 12.3. The Morgan fingerprint density at radius 1 is 1.27 bits per heavy atom. The molecule has 1 aliphatic heterocycles. The molecular weight excluding hydrogens is 338 g/mol. The van der Waals surface area contributed by atoms with Crippen LogP contribution in [0.2, 0.25) is 0 Å². The van der Waals surface area contributed by atoms with Crippen LogP contribution in [0.15, 0.2) is 24.3 Å². The lowest BCUT2D eigenvalue weighted by Crippen LogP contribution is -2.32. The Morgan fingerprint density at radius 2 is 2.00 bits per heavy atom. The van der Waals surface area contributed by atoms with Gasteiger partial charge < -0.3 is 25.4 Å². The standard InChI is InChI=1S/C19H21NO6/c1-11-5-3-7-14(21)18(24)15(22)8-4-6-12-9-13(20-2)10-16(23)17(12)19(25)26-11/h3,7,9-11,15,18,20,22-24H,5,8H2,1-2H3/b7-3-/t11-,15-,18+/m0/s1. The number of aliphatic hydroxyl groups excluding tert-OH is 2. The molecule has 26 heavy (non-hydrogen) atoms. The van der Waals surface area contributed by atoms with Crippen LogP contribution < -0.4 is 5.32 Å². The van der Waals surface area contributed by atoms with Gasteiger partial charge in [0.05, 0.1) is 6.10 Å². The zero-order valence-electron chi connectivity index (χ0n) is 14.5. The van der Waals surface area contributed by atoms with Gasteiger partial charge >= 0.3 is 5.97 Å². The zero-order valence-corrected chi connectivity index (χ0v) is 14.5. The number of ether oxygens (including phenoxy) is 1. The number of carbonyl (C=O) groups excluding carboxylic acids is 2. The largest absolute Gasteiger partial charge is 0.507 e. The Labute approximate surface area is 151 Å². The lowest BCUT2D eigenvalue weighted by atomic mass is 10.0. The van der Waals surface area contributed by atoms with Crippen molar-refractivity contribution in [2.24, 2.45) is 0 Å². The predicted octanol–water partition coefficient (Wildman–Crippen LogP) is 0.972. The molecule has 0 aromatic heterocycles. The van der Waals surface area contributed by atoms with Crippen LogP contribution in [0.25, 0.3) is 0 Å². The smallest absolute Gasteiger partial charge is 0.343 e. The molecule has 0 saturated carbocycles. The number of hydrogen-bond donors (Lipinski definition) is 4. The van der Waals surface area contributed by atoms with Gasteiger partial charge in [0, 0.05) is 37.2 Å². The van der Waals surface area contributed by atoms with Crippen LogP contribution in [0.3, 0.4) is 0 Å². The van der Waals surface area contributed by atoms with Gasteiger partial charge in [0.15, 0.2) is 5.78 Å². The minimum Gasteiger partial charge on any atom is -0.507 e. The molecule has 0 unspecified atom stereocenters. The number of anilines is 1.